The number of benzene rings is 2. The lowest BCUT2D eigenvalue weighted by Crippen LogP contribution is -2.41. The molecule has 0 unspecified atom stereocenters. The lowest BCUT2D eigenvalue weighted by molar-refractivity contribution is -0.120. The molecule has 1 heterocycles. The molecule has 1 saturated heterocycles. The number of para-hydroxylation sites is 1. The van der Waals surface area contributed by atoms with Gasteiger partial charge in [-0.2, -0.15) is 4.31 Å². The van der Waals surface area contributed by atoms with E-state index in [0.29, 0.717) is 18.4 Å². The van der Waals surface area contributed by atoms with Gasteiger partial charge in [-0.1, -0.05) is 51.1 Å². The molecule has 2 aromatic carbocycles. The predicted octanol–water partition coefficient (Wildman–Crippen LogP) is 4.23. The van der Waals surface area contributed by atoms with Crippen LogP contribution in [0.15, 0.2) is 53.4 Å². The molecule has 0 aliphatic carbocycles. The third-order valence-electron chi connectivity index (χ3n) is 5.70. The molecule has 1 fully saturated rings. The Hall–Kier alpha value is -2.51. The van der Waals surface area contributed by atoms with E-state index >= 15 is 0 Å². The van der Waals surface area contributed by atoms with Crippen LogP contribution < -0.4 is 5.32 Å². The monoisotopic (exact) mass is 442 g/mol. The number of hydrogen-bond donors (Lipinski definition) is 1. The molecule has 3 rings (SSSR count). The van der Waals surface area contributed by atoms with Gasteiger partial charge in [0, 0.05) is 30.3 Å². The number of anilines is 1. The Balaban J connectivity index is 1.68. The first-order valence-corrected chi connectivity index (χ1v) is 12.0. The minimum Gasteiger partial charge on any atom is -0.326 e. The average Bonchev–Trinajstić information content (AvgIpc) is 2.73. The van der Waals surface area contributed by atoms with Crippen LogP contribution in [0.2, 0.25) is 0 Å². The first-order chi connectivity index (χ1) is 14.5. The number of nitrogens with zero attached hydrogens (tertiary/aromatic N) is 1. The van der Waals surface area contributed by atoms with Crippen LogP contribution in [-0.2, 0) is 20.2 Å². The van der Waals surface area contributed by atoms with Crippen LogP contribution in [0, 0.1) is 5.92 Å². The van der Waals surface area contributed by atoms with Gasteiger partial charge in [-0.15, -0.1) is 0 Å². The highest BCUT2D eigenvalue weighted by molar-refractivity contribution is 7.89. The second-order valence-electron chi connectivity index (χ2n) is 9.05. The lowest BCUT2D eigenvalue weighted by Gasteiger charge is -2.31. The minimum absolute atomic E-state index is 0.0766. The van der Waals surface area contributed by atoms with Crippen LogP contribution in [0.25, 0.3) is 0 Å². The molecule has 0 spiro atoms. The van der Waals surface area contributed by atoms with Crippen molar-refractivity contribution in [2.75, 3.05) is 18.4 Å². The van der Waals surface area contributed by atoms with Gasteiger partial charge in [0.25, 0.3) is 0 Å². The van der Waals surface area contributed by atoms with E-state index in [4.69, 9.17) is 0 Å². The van der Waals surface area contributed by atoms with Crippen molar-refractivity contribution in [1.29, 1.82) is 0 Å². The average molecular weight is 443 g/mol. The van der Waals surface area contributed by atoms with Crippen molar-refractivity contribution in [3.05, 3.63) is 59.7 Å². The van der Waals surface area contributed by atoms with E-state index in [-0.39, 0.29) is 41.0 Å². The standard InChI is InChI=1S/C24H30N2O4S/c1-17(27)19-8-7-9-20(16-19)31(29,30)26-14-12-18(13-15-26)23(28)25-22-11-6-5-10-21(22)24(2,3)4/h5-11,16,18H,12-15H2,1-4H3,(H,25,28). The van der Waals surface area contributed by atoms with Crippen LogP contribution in [0.5, 0.6) is 0 Å². The van der Waals surface area contributed by atoms with Crippen LogP contribution >= 0.6 is 0 Å². The Morgan fingerprint density at radius 1 is 1.00 bits per heavy atom. The van der Waals surface area contributed by atoms with E-state index in [1.165, 1.54) is 23.4 Å². The van der Waals surface area contributed by atoms with Gasteiger partial charge >= 0.3 is 0 Å². The summed E-state index contributed by atoms with van der Waals surface area (Å²) >= 11 is 0. The first kappa shape index (κ1) is 23.2. The number of amides is 1. The second kappa shape index (κ2) is 8.93. The molecule has 1 aliphatic heterocycles. The van der Waals surface area contributed by atoms with Crippen molar-refractivity contribution in [2.45, 2.75) is 50.8 Å². The highest BCUT2D eigenvalue weighted by Crippen LogP contribution is 2.31. The lowest BCUT2D eigenvalue weighted by atomic mass is 9.85. The van der Waals surface area contributed by atoms with Gasteiger partial charge in [-0.25, -0.2) is 8.42 Å². The maximum Gasteiger partial charge on any atom is 0.243 e. The van der Waals surface area contributed by atoms with Gasteiger partial charge < -0.3 is 5.32 Å². The zero-order valence-electron chi connectivity index (χ0n) is 18.5. The summed E-state index contributed by atoms with van der Waals surface area (Å²) in [5.41, 5.74) is 2.13. The van der Waals surface area contributed by atoms with Crippen molar-refractivity contribution in [3.63, 3.8) is 0 Å². The Kier molecular flexibility index (Phi) is 6.67. The molecule has 0 saturated carbocycles. The molecule has 31 heavy (non-hydrogen) atoms. The van der Waals surface area contributed by atoms with E-state index in [1.54, 1.807) is 12.1 Å². The Bertz CT molecular complexity index is 1080. The molecule has 0 aromatic heterocycles. The minimum atomic E-state index is -3.70. The summed E-state index contributed by atoms with van der Waals surface area (Å²) in [5, 5.41) is 3.05. The summed E-state index contributed by atoms with van der Waals surface area (Å²) in [4.78, 5) is 24.6. The number of carbonyl (C=O) groups excluding carboxylic acids is 2. The normalized spacial score (nSPS) is 16.1. The van der Waals surface area contributed by atoms with E-state index in [1.807, 2.05) is 24.3 Å². The fraction of sp³-hybridized carbons (Fsp3) is 0.417. The molecule has 1 N–H and O–H groups in total. The molecule has 0 atom stereocenters. The maximum absolute atomic E-state index is 13.0. The Labute approximate surface area is 184 Å². The molecule has 1 amide bonds. The summed E-state index contributed by atoms with van der Waals surface area (Å²) in [6.07, 6.45) is 0.907. The predicted molar refractivity (Wildman–Crippen MR) is 122 cm³/mol. The van der Waals surface area contributed by atoms with E-state index in [0.717, 1.165) is 11.3 Å². The number of piperidine rings is 1. The van der Waals surface area contributed by atoms with Crippen LogP contribution in [0.4, 0.5) is 5.69 Å². The first-order valence-electron chi connectivity index (χ1n) is 10.5. The topological polar surface area (TPSA) is 83.6 Å². The number of ketones is 1. The fourth-order valence-electron chi connectivity index (χ4n) is 3.86. The molecule has 6 nitrogen and oxygen atoms in total. The number of hydrogen-bond acceptors (Lipinski definition) is 4. The summed E-state index contributed by atoms with van der Waals surface area (Å²) in [7, 11) is -3.70. The molecule has 0 radical (unpaired) electrons. The SMILES string of the molecule is CC(=O)c1cccc(S(=O)(=O)N2CCC(C(=O)Nc3ccccc3C(C)(C)C)CC2)c1. The van der Waals surface area contributed by atoms with E-state index in [9.17, 15) is 18.0 Å². The summed E-state index contributed by atoms with van der Waals surface area (Å²) in [6, 6.07) is 13.9. The van der Waals surface area contributed by atoms with Gasteiger partial charge in [0.05, 0.1) is 4.90 Å². The molecule has 1 aliphatic rings. The number of carbonyl (C=O) groups is 2. The molecule has 2 aromatic rings. The van der Waals surface area contributed by atoms with Crippen molar-refractivity contribution in [2.24, 2.45) is 5.92 Å². The zero-order chi connectivity index (χ0) is 22.8. The summed E-state index contributed by atoms with van der Waals surface area (Å²) < 4.78 is 27.4. The second-order valence-corrected chi connectivity index (χ2v) is 11.0. The van der Waals surface area contributed by atoms with Crippen molar-refractivity contribution in [1.82, 2.24) is 4.31 Å². The van der Waals surface area contributed by atoms with Gasteiger partial charge in [0.2, 0.25) is 15.9 Å². The largest absolute Gasteiger partial charge is 0.326 e. The van der Waals surface area contributed by atoms with Crippen LogP contribution in [0.1, 0.15) is 56.5 Å². The highest BCUT2D eigenvalue weighted by Gasteiger charge is 2.32. The van der Waals surface area contributed by atoms with Gasteiger partial charge in [-0.05, 0) is 48.9 Å². The fourth-order valence-corrected chi connectivity index (χ4v) is 5.38. The van der Waals surface area contributed by atoms with Crippen molar-refractivity contribution >= 4 is 27.4 Å². The van der Waals surface area contributed by atoms with Crippen molar-refractivity contribution in [3.8, 4) is 0 Å². The van der Waals surface area contributed by atoms with Gasteiger partial charge in [0.15, 0.2) is 5.78 Å². The Morgan fingerprint density at radius 2 is 1.65 bits per heavy atom. The third kappa shape index (κ3) is 5.22. The number of Topliss-reactive ketones (excluding diaryl/α,β-unsaturated/α-hetero) is 1. The van der Waals surface area contributed by atoms with E-state index < -0.39 is 10.0 Å². The third-order valence-corrected chi connectivity index (χ3v) is 7.59. The highest BCUT2D eigenvalue weighted by atomic mass is 32.2. The summed E-state index contributed by atoms with van der Waals surface area (Å²) in [5.74, 6) is -0.502. The molecule has 166 valence electrons. The maximum atomic E-state index is 13.0. The molecular weight excluding hydrogens is 412 g/mol. The van der Waals surface area contributed by atoms with E-state index in [2.05, 4.69) is 26.1 Å². The molecule has 0 bridgehead atoms. The van der Waals surface area contributed by atoms with Crippen LogP contribution in [-0.4, -0.2) is 37.5 Å². The summed E-state index contributed by atoms with van der Waals surface area (Å²) in [6.45, 7) is 8.25. The number of sulfonamides is 1. The quantitative estimate of drug-likeness (QED) is 0.703. The number of nitrogens with one attached hydrogen (secondary N) is 1. The number of rotatable bonds is 5. The van der Waals surface area contributed by atoms with Gasteiger partial charge in [0.1, 0.15) is 0 Å². The molecule has 7 heteroatoms. The molecular formula is C24H30N2O4S. The van der Waals surface area contributed by atoms with Crippen LogP contribution in [0.3, 0.4) is 0 Å². The Morgan fingerprint density at radius 3 is 2.26 bits per heavy atom. The van der Waals surface area contributed by atoms with Crippen molar-refractivity contribution < 1.29 is 18.0 Å². The van der Waals surface area contributed by atoms with Gasteiger partial charge in [-0.3, -0.25) is 9.59 Å². The zero-order valence-corrected chi connectivity index (χ0v) is 19.3. The smallest absolute Gasteiger partial charge is 0.243 e.